The van der Waals surface area contributed by atoms with E-state index in [2.05, 4.69) is 31.1 Å². The molecule has 4 heteroatoms. The first-order chi connectivity index (χ1) is 7.57. The molecule has 0 radical (unpaired) electrons. The number of hydrogen-bond donors (Lipinski definition) is 2. The molecule has 0 aliphatic rings. The second-order valence-corrected chi connectivity index (χ2v) is 4.52. The minimum atomic E-state index is 0.153. The van der Waals surface area contributed by atoms with Gasteiger partial charge in [-0.05, 0) is 53.2 Å². The summed E-state index contributed by atoms with van der Waals surface area (Å²) in [6, 6.07) is 0.570. The first kappa shape index (κ1) is 15.4. The summed E-state index contributed by atoms with van der Waals surface area (Å²) < 4.78 is 0. The lowest BCUT2D eigenvalue weighted by Crippen LogP contribution is -2.31. The van der Waals surface area contributed by atoms with Gasteiger partial charge in [-0.2, -0.15) is 0 Å². The minimum absolute atomic E-state index is 0.153. The molecule has 0 saturated heterocycles. The van der Waals surface area contributed by atoms with Crippen molar-refractivity contribution in [1.82, 2.24) is 10.2 Å². The van der Waals surface area contributed by atoms with Crippen molar-refractivity contribution < 1.29 is 4.79 Å². The zero-order chi connectivity index (χ0) is 12.4. The molecule has 0 aromatic heterocycles. The van der Waals surface area contributed by atoms with Crippen LogP contribution >= 0.6 is 0 Å². The van der Waals surface area contributed by atoms with Gasteiger partial charge in [0.25, 0.3) is 0 Å². The second-order valence-electron chi connectivity index (χ2n) is 4.52. The van der Waals surface area contributed by atoms with Crippen LogP contribution in [0.15, 0.2) is 0 Å². The molecule has 0 saturated carbocycles. The molecule has 0 rings (SSSR count). The number of amides is 1. The van der Waals surface area contributed by atoms with Crippen molar-refractivity contribution in [2.75, 3.05) is 26.7 Å². The summed E-state index contributed by atoms with van der Waals surface area (Å²) >= 11 is 0. The van der Waals surface area contributed by atoms with E-state index >= 15 is 0 Å². The minimum Gasteiger partial charge on any atom is -0.356 e. The topological polar surface area (TPSA) is 58.4 Å². The van der Waals surface area contributed by atoms with Gasteiger partial charge in [-0.3, -0.25) is 4.79 Å². The Labute approximate surface area is 99.6 Å². The molecule has 0 bridgehead atoms. The average molecular weight is 229 g/mol. The van der Waals surface area contributed by atoms with Crippen LogP contribution in [0.5, 0.6) is 0 Å². The molecule has 0 atom stereocenters. The van der Waals surface area contributed by atoms with Gasteiger partial charge in [0.2, 0.25) is 5.91 Å². The summed E-state index contributed by atoms with van der Waals surface area (Å²) in [5.74, 6) is 0.153. The fourth-order valence-electron chi connectivity index (χ4n) is 1.33. The third kappa shape index (κ3) is 8.68. The highest BCUT2D eigenvalue weighted by Gasteiger charge is 2.03. The molecule has 0 aromatic rings. The van der Waals surface area contributed by atoms with Crippen LogP contribution in [0.25, 0.3) is 0 Å². The molecule has 0 aliphatic carbocycles. The molecule has 16 heavy (non-hydrogen) atoms. The van der Waals surface area contributed by atoms with E-state index in [1.165, 1.54) is 0 Å². The molecular formula is C12H27N3O. The Bertz CT molecular complexity index is 183. The standard InChI is InChI=1S/C12H27N3O/c1-11(2)15(3)10-6-9-14-12(16)7-4-5-8-13/h11H,4-10,13H2,1-3H3,(H,14,16). The predicted molar refractivity (Wildman–Crippen MR) is 68.3 cm³/mol. The second kappa shape index (κ2) is 9.60. The number of carbonyl (C=O) groups is 1. The van der Waals surface area contributed by atoms with E-state index in [0.29, 0.717) is 19.0 Å². The highest BCUT2D eigenvalue weighted by atomic mass is 16.1. The van der Waals surface area contributed by atoms with Gasteiger partial charge in [-0.25, -0.2) is 0 Å². The summed E-state index contributed by atoms with van der Waals surface area (Å²) in [6.07, 6.45) is 3.45. The van der Waals surface area contributed by atoms with Crippen molar-refractivity contribution >= 4 is 5.91 Å². The van der Waals surface area contributed by atoms with Crippen LogP contribution in [0, 0.1) is 0 Å². The van der Waals surface area contributed by atoms with E-state index in [1.807, 2.05) is 0 Å². The van der Waals surface area contributed by atoms with E-state index in [1.54, 1.807) is 0 Å². The number of hydrogen-bond acceptors (Lipinski definition) is 3. The normalized spacial score (nSPS) is 11.1. The van der Waals surface area contributed by atoms with Crippen LogP contribution in [0.1, 0.15) is 39.5 Å². The van der Waals surface area contributed by atoms with Crippen molar-refractivity contribution in [3.8, 4) is 0 Å². The molecule has 0 spiro atoms. The molecule has 0 aliphatic heterocycles. The maximum Gasteiger partial charge on any atom is 0.219 e. The van der Waals surface area contributed by atoms with Gasteiger partial charge in [0.15, 0.2) is 0 Å². The first-order valence-electron chi connectivity index (χ1n) is 6.25. The van der Waals surface area contributed by atoms with E-state index in [4.69, 9.17) is 5.73 Å². The quantitative estimate of drug-likeness (QED) is 0.579. The number of rotatable bonds is 9. The number of nitrogens with two attached hydrogens (primary N) is 1. The van der Waals surface area contributed by atoms with Crippen LogP contribution in [0.3, 0.4) is 0 Å². The third-order valence-electron chi connectivity index (χ3n) is 2.75. The molecule has 0 fully saturated rings. The Hall–Kier alpha value is -0.610. The van der Waals surface area contributed by atoms with Crippen LogP contribution in [-0.4, -0.2) is 43.5 Å². The number of nitrogens with one attached hydrogen (secondary N) is 1. The third-order valence-corrected chi connectivity index (χ3v) is 2.75. The fraction of sp³-hybridized carbons (Fsp3) is 0.917. The fourth-order valence-corrected chi connectivity index (χ4v) is 1.33. The molecular weight excluding hydrogens is 202 g/mol. The van der Waals surface area contributed by atoms with E-state index in [-0.39, 0.29) is 5.91 Å². The first-order valence-corrected chi connectivity index (χ1v) is 6.25. The summed E-state index contributed by atoms with van der Waals surface area (Å²) in [5.41, 5.74) is 5.36. The number of nitrogens with zero attached hydrogens (tertiary/aromatic N) is 1. The Balaban J connectivity index is 3.34. The molecule has 96 valence electrons. The maximum atomic E-state index is 11.3. The van der Waals surface area contributed by atoms with Gasteiger partial charge >= 0.3 is 0 Å². The largest absolute Gasteiger partial charge is 0.356 e. The maximum absolute atomic E-state index is 11.3. The van der Waals surface area contributed by atoms with Crippen molar-refractivity contribution in [1.29, 1.82) is 0 Å². The van der Waals surface area contributed by atoms with E-state index in [0.717, 1.165) is 32.4 Å². The van der Waals surface area contributed by atoms with E-state index in [9.17, 15) is 4.79 Å². The predicted octanol–water partition coefficient (Wildman–Crippen LogP) is 0.962. The Morgan fingerprint density at radius 3 is 2.56 bits per heavy atom. The molecule has 3 N–H and O–H groups in total. The molecule has 0 heterocycles. The molecule has 1 amide bonds. The molecule has 0 unspecified atom stereocenters. The summed E-state index contributed by atoms with van der Waals surface area (Å²) in [7, 11) is 2.10. The Morgan fingerprint density at radius 1 is 1.31 bits per heavy atom. The summed E-state index contributed by atoms with van der Waals surface area (Å²) in [6.45, 7) is 6.82. The van der Waals surface area contributed by atoms with Crippen LogP contribution in [0.2, 0.25) is 0 Å². The Kier molecular flexibility index (Phi) is 9.24. The van der Waals surface area contributed by atoms with Crippen molar-refractivity contribution in [3.63, 3.8) is 0 Å². The van der Waals surface area contributed by atoms with Crippen molar-refractivity contribution in [3.05, 3.63) is 0 Å². The van der Waals surface area contributed by atoms with E-state index < -0.39 is 0 Å². The summed E-state index contributed by atoms with van der Waals surface area (Å²) in [4.78, 5) is 13.6. The number of carbonyl (C=O) groups excluding carboxylic acids is 1. The smallest absolute Gasteiger partial charge is 0.219 e. The zero-order valence-electron chi connectivity index (χ0n) is 11.0. The van der Waals surface area contributed by atoms with Gasteiger partial charge in [-0.1, -0.05) is 0 Å². The highest BCUT2D eigenvalue weighted by molar-refractivity contribution is 5.75. The van der Waals surface area contributed by atoms with Gasteiger partial charge in [0, 0.05) is 19.0 Å². The lowest BCUT2D eigenvalue weighted by molar-refractivity contribution is -0.121. The van der Waals surface area contributed by atoms with Crippen molar-refractivity contribution in [2.45, 2.75) is 45.6 Å². The zero-order valence-corrected chi connectivity index (χ0v) is 11.0. The Morgan fingerprint density at radius 2 is 2.00 bits per heavy atom. The van der Waals surface area contributed by atoms with Crippen LogP contribution < -0.4 is 11.1 Å². The highest BCUT2D eigenvalue weighted by Crippen LogP contribution is 1.95. The summed E-state index contributed by atoms with van der Waals surface area (Å²) in [5, 5.41) is 2.93. The molecule has 0 aromatic carbocycles. The SMILES string of the molecule is CC(C)N(C)CCCNC(=O)CCCCN. The van der Waals surface area contributed by atoms with Crippen molar-refractivity contribution in [2.24, 2.45) is 5.73 Å². The van der Waals surface area contributed by atoms with Crippen LogP contribution in [-0.2, 0) is 4.79 Å². The lowest BCUT2D eigenvalue weighted by atomic mass is 10.2. The van der Waals surface area contributed by atoms with Gasteiger partial charge < -0.3 is 16.0 Å². The van der Waals surface area contributed by atoms with Crippen LogP contribution in [0.4, 0.5) is 0 Å². The average Bonchev–Trinajstić information content (AvgIpc) is 2.24. The monoisotopic (exact) mass is 229 g/mol. The molecule has 4 nitrogen and oxygen atoms in total. The lowest BCUT2D eigenvalue weighted by Gasteiger charge is -2.20. The number of unbranched alkanes of at least 4 members (excludes halogenated alkanes) is 1. The van der Waals surface area contributed by atoms with Gasteiger partial charge in [-0.15, -0.1) is 0 Å². The van der Waals surface area contributed by atoms with Gasteiger partial charge in [0.05, 0.1) is 0 Å². The van der Waals surface area contributed by atoms with Gasteiger partial charge in [0.1, 0.15) is 0 Å².